The van der Waals surface area contributed by atoms with Crippen molar-refractivity contribution in [2.24, 2.45) is 0 Å². The van der Waals surface area contributed by atoms with Gasteiger partial charge in [-0.3, -0.25) is 4.79 Å². The van der Waals surface area contributed by atoms with Gasteiger partial charge in [-0.25, -0.2) is 9.59 Å². The fraction of sp³-hybridized carbons (Fsp3) is 0.526. The molecule has 148 valence electrons. The smallest absolute Gasteiger partial charge is 0.335 e. The molecule has 0 spiro atoms. The highest BCUT2D eigenvalue weighted by molar-refractivity contribution is 5.94. The van der Waals surface area contributed by atoms with Crippen molar-refractivity contribution in [3.63, 3.8) is 0 Å². The number of amides is 3. The molecule has 0 bridgehead atoms. The van der Waals surface area contributed by atoms with E-state index < -0.39 is 5.97 Å². The first-order chi connectivity index (χ1) is 13.0. The summed E-state index contributed by atoms with van der Waals surface area (Å²) in [5.74, 6) is -1.01. The third kappa shape index (κ3) is 6.80. The maximum Gasteiger partial charge on any atom is 0.335 e. The molecular formula is C19H27N3O5. The van der Waals surface area contributed by atoms with Crippen LogP contribution in [0.15, 0.2) is 18.2 Å². The SMILES string of the molecule is COc1cc(C(=O)O)ccc1NC(=O)CCCNC(=O)NC1CCCCC1. The summed E-state index contributed by atoms with van der Waals surface area (Å²) in [6, 6.07) is 4.32. The molecule has 4 N–H and O–H groups in total. The molecule has 3 amide bonds. The minimum atomic E-state index is -1.07. The molecule has 0 radical (unpaired) electrons. The Kier molecular flexibility index (Phi) is 7.91. The number of anilines is 1. The Morgan fingerprint density at radius 3 is 2.59 bits per heavy atom. The lowest BCUT2D eigenvalue weighted by atomic mass is 9.96. The van der Waals surface area contributed by atoms with Gasteiger partial charge in [-0.05, 0) is 37.5 Å². The third-order valence-corrected chi connectivity index (χ3v) is 4.53. The average molecular weight is 377 g/mol. The zero-order chi connectivity index (χ0) is 19.6. The normalized spacial score (nSPS) is 14.3. The first-order valence-electron chi connectivity index (χ1n) is 9.25. The van der Waals surface area contributed by atoms with Crippen LogP contribution >= 0.6 is 0 Å². The summed E-state index contributed by atoms with van der Waals surface area (Å²) in [5, 5.41) is 17.4. The van der Waals surface area contributed by atoms with E-state index in [9.17, 15) is 14.4 Å². The van der Waals surface area contributed by atoms with Crippen molar-refractivity contribution >= 4 is 23.6 Å². The fourth-order valence-electron chi connectivity index (χ4n) is 3.07. The average Bonchev–Trinajstić information content (AvgIpc) is 2.66. The van der Waals surface area contributed by atoms with E-state index in [-0.39, 0.29) is 35.7 Å². The number of methoxy groups -OCH3 is 1. The summed E-state index contributed by atoms with van der Waals surface area (Å²) in [7, 11) is 1.41. The van der Waals surface area contributed by atoms with Crippen molar-refractivity contribution in [2.45, 2.75) is 51.0 Å². The molecule has 0 unspecified atom stereocenters. The molecule has 8 nitrogen and oxygen atoms in total. The molecular weight excluding hydrogens is 350 g/mol. The van der Waals surface area contributed by atoms with Crippen LogP contribution in [0.3, 0.4) is 0 Å². The van der Waals surface area contributed by atoms with E-state index in [1.165, 1.54) is 31.7 Å². The summed E-state index contributed by atoms with van der Waals surface area (Å²) >= 11 is 0. The number of carboxylic acid groups (broad SMARTS) is 1. The van der Waals surface area contributed by atoms with Crippen LogP contribution in [0.25, 0.3) is 0 Å². The number of hydrogen-bond acceptors (Lipinski definition) is 4. The van der Waals surface area contributed by atoms with Gasteiger partial charge in [0, 0.05) is 19.0 Å². The number of rotatable bonds is 8. The second-order valence-corrected chi connectivity index (χ2v) is 6.61. The number of aromatic carboxylic acids is 1. The van der Waals surface area contributed by atoms with Crippen LogP contribution in [-0.2, 0) is 4.79 Å². The molecule has 2 rings (SSSR count). The lowest BCUT2D eigenvalue weighted by Gasteiger charge is -2.22. The summed E-state index contributed by atoms with van der Waals surface area (Å²) in [6.45, 7) is 0.404. The Hall–Kier alpha value is -2.77. The van der Waals surface area contributed by atoms with Gasteiger partial charge in [-0.15, -0.1) is 0 Å². The quantitative estimate of drug-likeness (QED) is 0.520. The van der Waals surface area contributed by atoms with E-state index in [2.05, 4.69) is 16.0 Å². The first kappa shape index (κ1) is 20.5. The second kappa shape index (κ2) is 10.4. The highest BCUT2D eigenvalue weighted by atomic mass is 16.5. The van der Waals surface area contributed by atoms with Crippen LogP contribution in [0.2, 0.25) is 0 Å². The Labute approximate surface area is 158 Å². The third-order valence-electron chi connectivity index (χ3n) is 4.53. The zero-order valence-corrected chi connectivity index (χ0v) is 15.5. The number of benzene rings is 1. The first-order valence-corrected chi connectivity index (χ1v) is 9.25. The number of ether oxygens (including phenoxy) is 1. The number of carboxylic acids is 1. The van der Waals surface area contributed by atoms with Crippen LogP contribution < -0.4 is 20.7 Å². The molecule has 1 aliphatic carbocycles. The highest BCUT2D eigenvalue weighted by Crippen LogP contribution is 2.25. The monoisotopic (exact) mass is 377 g/mol. The van der Waals surface area contributed by atoms with Gasteiger partial charge < -0.3 is 25.8 Å². The minimum Gasteiger partial charge on any atom is -0.495 e. The predicted molar refractivity (Wildman–Crippen MR) is 101 cm³/mol. The molecule has 1 aromatic carbocycles. The molecule has 1 aliphatic rings. The second-order valence-electron chi connectivity index (χ2n) is 6.61. The van der Waals surface area contributed by atoms with Crippen molar-refractivity contribution < 1.29 is 24.2 Å². The number of carbonyl (C=O) groups is 3. The van der Waals surface area contributed by atoms with Gasteiger partial charge in [0.25, 0.3) is 0 Å². The van der Waals surface area contributed by atoms with E-state index in [1.54, 1.807) is 0 Å². The summed E-state index contributed by atoms with van der Waals surface area (Å²) in [5.41, 5.74) is 0.494. The van der Waals surface area contributed by atoms with Gasteiger partial charge in [-0.1, -0.05) is 19.3 Å². The molecule has 27 heavy (non-hydrogen) atoms. The van der Waals surface area contributed by atoms with Gasteiger partial charge >= 0.3 is 12.0 Å². The number of hydrogen-bond donors (Lipinski definition) is 4. The summed E-state index contributed by atoms with van der Waals surface area (Å²) in [6.07, 6.45) is 6.33. The van der Waals surface area contributed by atoms with Crippen molar-refractivity contribution in [1.29, 1.82) is 0 Å². The van der Waals surface area contributed by atoms with E-state index in [0.717, 1.165) is 25.7 Å². The molecule has 1 fully saturated rings. The molecule has 0 saturated heterocycles. The van der Waals surface area contributed by atoms with Crippen LogP contribution in [0, 0.1) is 0 Å². The molecule has 0 atom stereocenters. The van der Waals surface area contributed by atoms with Crippen molar-refractivity contribution in [1.82, 2.24) is 10.6 Å². The van der Waals surface area contributed by atoms with Gasteiger partial charge in [0.1, 0.15) is 5.75 Å². The van der Waals surface area contributed by atoms with Crippen LogP contribution in [0.5, 0.6) is 5.75 Å². The van der Waals surface area contributed by atoms with E-state index in [0.29, 0.717) is 18.7 Å². The van der Waals surface area contributed by atoms with E-state index in [1.807, 2.05) is 0 Å². The van der Waals surface area contributed by atoms with Gasteiger partial charge in [0.05, 0.1) is 18.4 Å². The lowest BCUT2D eigenvalue weighted by Crippen LogP contribution is -2.43. The summed E-state index contributed by atoms with van der Waals surface area (Å²) in [4.78, 5) is 34.9. The lowest BCUT2D eigenvalue weighted by molar-refractivity contribution is -0.116. The molecule has 0 aromatic heterocycles. The van der Waals surface area contributed by atoms with Gasteiger partial charge in [0.15, 0.2) is 0 Å². The Morgan fingerprint density at radius 1 is 1.19 bits per heavy atom. The Bertz CT molecular complexity index is 671. The molecule has 1 aromatic rings. The number of urea groups is 1. The van der Waals surface area contributed by atoms with Crippen LogP contribution in [0.1, 0.15) is 55.3 Å². The van der Waals surface area contributed by atoms with Crippen LogP contribution in [0.4, 0.5) is 10.5 Å². The van der Waals surface area contributed by atoms with Crippen molar-refractivity contribution in [3.8, 4) is 5.75 Å². The van der Waals surface area contributed by atoms with Gasteiger partial charge in [0.2, 0.25) is 5.91 Å². The largest absolute Gasteiger partial charge is 0.495 e. The zero-order valence-electron chi connectivity index (χ0n) is 15.5. The van der Waals surface area contributed by atoms with Gasteiger partial charge in [-0.2, -0.15) is 0 Å². The predicted octanol–water partition coefficient (Wildman–Crippen LogP) is 2.74. The standard InChI is InChI=1S/C19H27N3O5/c1-27-16-12-13(18(24)25)9-10-15(16)22-17(23)8-5-11-20-19(26)21-14-6-3-2-4-7-14/h9-10,12,14H,2-8,11H2,1H3,(H,22,23)(H,24,25)(H2,20,21,26). The van der Waals surface area contributed by atoms with Crippen molar-refractivity contribution in [3.05, 3.63) is 23.8 Å². The molecule has 0 aliphatic heterocycles. The Balaban J connectivity index is 1.70. The molecule has 1 saturated carbocycles. The Morgan fingerprint density at radius 2 is 1.93 bits per heavy atom. The van der Waals surface area contributed by atoms with Crippen LogP contribution in [-0.4, -0.2) is 42.7 Å². The fourth-order valence-corrected chi connectivity index (χ4v) is 3.07. The van der Waals surface area contributed by atoms with Crippen molar-refractivity contribution in [2.75, 3.05) is 19.0 Å². The maximum absolute atomic E-state index is 12.0. The van der Waals surface area contributed by atoms with E-state index in [4.69, 9.17) is 9.84 Å². The molecule has 8 heteroatoms. The highest BCUT2D eigenvalue weighted by Gasteiger charge is 2.15. The molecule has 0 heterocycles. The van der Waals surface area contributed by atoms with E-state index >= 15 is 0 Å². The summed E-state index contributed by atoms with van der Waals surface area (Å²) < 4.78 is 5.12. The number of nitrogens with one attached hydrogen (secondary N) is 3. The maximum atomic E-state index is 12.0. The topological polar surface area (TPSA) is 117 Å². The minimum absolute atomic E-state index is 0.0815. The number of carbonyl (C=O) groups excluding carboxylic acids is 2.